The van der Waals surface area contributed by atoms with Gasteiger partial charge in [0.2, 0.25) is 0 Å². The molecule has 1 aromatic heterocycles. The molecule has 0 fully saturated rings. The number of amides is 2. The van der Waals surface area contributed by atoms with Gasteiger partial charge in [-0.15, -0.1) is 11.3 Å². The minimum atomic E-state index is -1.01. The molecule has 7 heteroatoms. The predicted octanol–water partition coefficient (Wildman–Crippen LogP) is 1.89. The van der Waals surface area contributed by atoms with Crippen molar-refractivity contribution in [3.05, 3.63) is 16.1 Å². The van der Waals surface area contributed by atoms with Gasteiger partial charge in [0, 0.05) is 11.1 Å². The van der Waals surface area contributed by atoms with Gasteiger partial charge in [-0.1, -0.05) is 19.8 Å². The molecule has 0 radical (unpaired) electrons. The highest BCUT2D eigenvalue weighted by Crippen LogP contribution is 2.10. The minimum absolute atomic E-state index is 0.310. The summed E-state index contributed by atoms with van der Waals surface area (Å²) in [5, 5.41) is 14.8. The van der Waals surface area contributed by atoms with Gasteiger partial charge in [0.1, 0.15) is 11.0 Å². The zero-order valence-electron chi connectivity index (χ0n) is 11.1. The van der Waals surface area contributed by atoms with Crippen LogP contribution in [-0.2, 0) is 11.3 Å². The number of carboxylic acid groups (broad SMARTS) is 1. The molecule has 0 aliphatic carbocycles. The molecule has 1 rings (SSSR count). The molecule has 3 N–H and O–H groups in total. The van der Waals surface area contributed by atoms with Gasteiger partial charge in [-0.05, 0) is 13.3 Å². The van der Waals surface area contributed by atoms with Crippen molar-refractivity contribution in [3.8, 4) is 0 Å². The Bertz CT molecular complexity index is 434. The molecule has 1 atom stereocenters. The molecule has 0 aliphatic heterocycles. The van der Waals surface area contributed by atoms with Crippen molar-refractivity contribution in [1.29, 1.82) is 0 Å². The summed E-state index contributed by atoms with van der Waals surface area (Å²) in [4.78, 5) is 27.7. The summed E-state index contributed by atoms with van der Waals surface area (Å²) < 4.78 is 0. The van der Waals surface area contributed by atoms with Crippen LogP contribution in [0.1, 0.15) is 36.1 Å². The number of aliphatic carboxylic acids is 1. The van der Waals surface area contributed by atoms with Gasteiger partial charge < -0.3 is 15.7 Å². The number of aromatic nitrogens is 1. The number of hydrogen-bond donors (Lipinski definition) is 3. The smallest absolute Gasteiger partial charge is 0.326 e. The van der Waals surface area contributed by atoms with E-state index in [1.54, 1.807) is 6.20 Å². The largest absolute Gasteiger partial charge is 0.480 e. The molecule has 6 nitrogen and oxygen atoms in total. The first-order valence-corrected chi connectivity index (χ1v) is 7.03. The molecule has 2 amide bonds. The van der Waals surface area contributed by atoms with Crippen LogP contribution in [0.2, 0.25) is 0 Å². The molecule has 0 saturated carbocycles. The number of carbonyl (C=O) groups excluding carboxylic acids is 1. The number of carbonyl (C=O) groups is 2. The fourth-order valence-corrected chi connectivity index (χ4v) is 2.24. The summed E-state index contributed by atoms with van der Waals surface area (Å²) in [7, 11) is 0. The Balaban J connectivity index is 2.37. The maximum absolute atomic E-state index is 11.6. The Kier molecular flexibility index (Phi) is 6.27. The number of unbranched alkanes of at least 4 members (excludes halogenated alkanes) is 1. The second kappa shape index (κ2) is 7.73. The van der Waals surface area contributed by atoms with E-state index in [1.807, 2.05) is 13.8 Å². The number of carboxylic acids is 1. The lowest BCUT2D eigenvalue weighted by Crippen LogP contribution is -2.45. The van der Waals surface area contributed by atoms with E-state index in [0.717, 1.165) is 22.7 Å². The van der Waals surface area contributed by atoms with Crippen LogP contribution in [0.25, 0.3) is 0 Å². The lowest BCUT2D eigenvalue weighted by Gasteiger charge is -2.14. The lowest BCUT2D eigenvalue weighted by atomic mass is 10.1. The highest BCUT2D eigenvalue weighted by molar-refractivity contribution is 7.11. The topological polar surface area (TPSA) is 91.3 Å². The maximum Gasteiger partial charge on any atom is 0.326 e. The number of hydrogen-bond acceptors (Lipinski definition) is 4. The highest BCUT2D eigenvalue weighted by atomic mass is 32.1. The van der Waals surface area contributed by atoms with Gasteiger partial charge in [-0.2, -0.15) is 0 Å². The fraction of sp³-hybridized carbons (Fsp3) is 0.583. The zero-order chi connectivity index (χ0) is 14.3. The fourth-order valence-electron chi connectivity index (χ4n) is 1.51. The average Bonchev–Trinajstić information content (AvgIpc) is 2.77. The lowest BCUT2D eigenvalue weighted by molar-refractivity contribution is -0.139. The van der Waals surface area contributed by atoms with Crippen molar-refractivity contribution in [2.45, 2.75) is 45.7 Å². The zero-order valence-corrected chi connectivity index (χ0v) is 11.9. The van der Waals surface area contributed by atoms with Crippen molar-refractivity contribution in [3.63, 3.8) is 0 Å². The van der Waals surface area contributed by atoms with Crippen molar-refractivity contribution in [2.24, 2.45) is 0 Å². The molecular weight excluding hydrogens is 266 g/mol. The molecule has 0 unspecified atom stereocenters. The van der Waals surface area contributed by atoms with Crippen LogP contribution in [0.15, 0.2) is 6.20 Å². The van der Waals surface area contributed by atoms with E-state index >= 15 is 0 Å². The third-order valence-corrected chi connectivity index (χ3v) is 3.43. The van der Waals surface area contributed by atoms with Gasteiger partial charge >= 0.3 is 12.0 Å². The Morgan fingerprint density at radius 2 is 2.26 bits per heavy atom. The van der Waals surface area contributed by atoms with Crippen LogP contribution in [0.5, 0.6) is 0 Å². The molecule has 1 heterocycles. The Hall–Kier alpha value is -1.63. The molecule has 0 bridgehead atoms. The Morgan fingerprint density at radius 1 is 1.53 bits per heavy atom. The maximum atomic E-state index is 11.6. The van der Waals surface area contributed by atoms with E-state index in [0.29, 0.717) is 13.0 Å². The summed E-state index contributed by atoms with van der Waals surface area (Å²) in [6, 6.07) is -1.31. The minimum Gasteiger partial charge on any atom is -0.480 e. The molecular formula is C12H19N3O3S. The number of nitrogens with zero attached hydrogens (tertiary/aromatic N) is 1. The van der Waals surface area contributed by atoms with Crippen molar-refractivity contribution in [2.75, 3.05) is 0 Å². The first-order chi connectivity index (χ1) is 9.02. The van der Waals surface area contributed by atoms with E-state index in [9.17, 15) is 9.59 Å². The van der Waals surface area contributed by atoms with Crippen LogP contribution in [-0.4, -0.2) is 28.1 Å². The van der Waals surface area contributed by atoms with Crippen LogP contribution >= 0.6 is 11.3 Å². The van der Waals surface area contributed by atoms with Gasteiger partial charge in [-0.25, -0.2) is 14.6 Å². The summed E-state index contributed by atoms with van der Waals surface area (Å²) in [5.74, 6) is -1.01. The molecule has 106 valence electrons. The number of aryl methyl sites for hydroxylation is 1. The average molecular weight is 285 g/mol. The van der Waals surface area contributed by atoms with Gasteiger partial charge in [0.05, 0.1) is 6.54 Å². The second-order valence-electron chi connectivity index (χ2n) is 4.22. The number of thiazole rings is 1. The van der Waals surface area contributed by atoms with Crippen LogP contribution in [0.3, 0.4) is 0 Å². The summed E-state index contributed by atoms with van der Waals surface area (Å²) >= 11 is 1.50. The first kappa shape index (κ1) is 15.4. The van der Waals surface area contributed by atoms with E-state index in [4.69, 9.17) is 5.11 Å². The van der Waals surface area contributed by atoms with Crippen molar-refractivity contribution < 1.29 is 14.7 Å². The van der Waals surface area contributed by atoms with E-state index in [1.165, 1.54) is 11.3 Å². The first-order valence-electron chi connectivity index (χ1n) is 6.21. The molecule has 0 aliphatic rings. The number of urea groups is 1. The third-order valence-electron chi connectivity index (χ3n) is 2.52. The molecule has 0 aromatic carbocycles. The van der Waals surface area contributed by atoms with E-state index in [2.05, 4.69) is 15.6 Å². The van der Waals surface area contributed by atoms with Crippen molar-refractivity contribution in [1.82, 2.24) is 15.6 Å². The van der Waals surface area contributed by atoms with Gasteiger partial charge in [0.15, 0.2) is 0 Å². The summed E-state index contributed by atoms with van der Waals surface area (Å²) in [6.07, 6.45) is 3.84. The van der Waals surface area contributed by atoms with Crippen LogP contribution in [0, 0.1) is 6.92 Å². The quantitative estimate of drug-likeness (QED) is 0.713. The van der Waals surface area contributed by atoms with Crippen LogP contribution in [0.4, 0.5) is 4.79 Å². The van der Waals surface area contributed by atoms with Gasteiger partial charge in [0.25, 0.3) is 0 Å². The number of rotatable bonds is 7. The molecule has 1 aromatic rings. The normalized spacial score (nSPS) is 11.9. The molecule has 0 saturated heterocycles. The third kappa shape index (κ3) is 5.69. The predicted molar refractivity (Wildman–Crippen MR) is 73.2 cm³/mol. The monoisotopic (exact) mass is 285 g/mol. The Morgan fingerprint density at radius 3 is 2.79 bits per heavy atom. The SMILES string of the molecule is CCCC[C@H](NC(=O)NCc1ncc(C)s1)C(=O)O. The molecule has 19 heavy (non-hydrogen) atoms. The van der Waals surface area contributed by atoms with Crippen LogP contribution < -0.4 is 10.6 Å². The second-order valence-corrected chi connectivity index (χ2v) is 5.54. The van der Waals surface area contributed by atoms with E-state index in [-0.39, 0.29) is 0 Å². The summed E-state index contributed by atoms with van der Waals surface area (Å²) in [5.41, 5.74) is 0. The standard InChI is InChI=1S/C12H19N3O3S/c1-3-4-5-9(11(16)17)15-12(18)14-7-10-13-6-8(2)19-10/h6,9H,3-5,7H2,1-2H3,(H,16,17)(H2,14,15,18)/t9-/m0/s1. The highest BCUT2D eigenvalue weighted by Gasteiger charge is 2.18. The van der Waals surface area contributed by atoms with E-state index < -0.39 is 18.0 Å². The molecule has 0 spiro atoms. The van der Waals surface area contributed by atoms with Gasteiger partial charge in [-0.3, -0.25) is 0 Å². The summed E-state index contributed by atoms with van der Waals surface area (Å²) in [6.45, 7) is 4.22. The Labute approximate surface area is 116 Å². The van der Waals surface area contributed by atoms with Crippen molar-refractivity contribution >= 4 is 23.3 Å². The number of nitrogens with one attached hydrogen (secondary N) is 2.